The molecule has 0 heterocycles. The number of allylic oxidation sites excluding steroid dienone is 4. The van der Waals surface area contributed by atoms with Gasteiger partial charge in [0.15, 0.2) is 0 Å². The molecule has 0 bridgehead atoms. The SMILES string of the molecule is CN/C(=C\C(=O)C(=N)C1C=C(C(=O)O)C(Cl)=CC1F)C(F)(F)F. The molecule has 0 aliphatic heterocycles. The van der Waals surface area contributed by atoms with Crippen molar-refractivity contribution < 1.29 is 32.3 Å². The predicted octanol–water partition coefficient (Wildman–Crippen LogP) is 2.34. The Labute approximate surface area is 132 Å². The molecule has 5 nitrogen and oxygen atoms in total. The van der Waals surface area contributed by atoms with Gasteiger partial charge in [-0.3, -0.25) is 4.79 Å². The minimum absolute atomic E-state index is 0.114. The van der Waals surface area contributed by atoms with Crippen LogP contribution >= 0.6 is 11.6 Å². The van der Waals surface area contributed by atoms with Crippen LogP contribution in [0.5, 0.6) is 0 Å². The number of carbonyl (C=O) groups is 2. The van der Waals surface area contributed by atoms with Gasteiger partial charge in [-0.2, -0.15) is 13.2 Å². The zero-order chi connectivity index (χ0) is 17.9. The van der Waals surface area contributed by atoms with E-state index in [0.717, 1.165) is 13.1 Å². The highest BCUT2D eigenvalue weighted by atomic mass is 35.5. The maximum absolute atomic E-state index is 13.8. The third-order valence-corrected chi connectivity index (χ3v) is 3.26. The fourth-order valence-corrected chi connectivity index (χ4v) is 2.03. The van der Waals surface area contributed by atoms with Gasteiger partial charge in [0.2, 0.25) is 5.78 Å². The molecule has 10 heteroatoms. The molecule has 0 saturated heterocycles. The Hall–Kier alpha value is -2.16. The van der Waals surface area contributed by atoms with E-state index in [-0.39, 0.29) is 6.08 Å². The Morgan fingerprint density at radius 1 is 1.39 bits per heavy atom. The first kappa shape index (κ1) is 18.9. The second-order valence-corrected chi connectivity index (χ2v) is 4.86. The molecular weight excluding hydrogens is 344 g/mol. The lowest BCUT2D eigenvalue weighted by Gasteiger charge is -2.21. The summed E-state index contributed by atoms with van der Waals surface area (Å²) in [4.78, 5) is 22.6. The summed E-state index contributed by atoms with van der Waals surface area (Å²) in [5, 5.41) is 17.8. The molecule has 0 fully saturated rings. The van der Waals surface area contributed by atoms with Gasteiger partial charge in [-0.05, 0) is 6.08 Å². The molecule has 0 aromatic heterocycles. The minimum atomic E-state index is -4.85. The van der Waals surface area contributed by atoms with Crippen LogP contribution < -0.4 is 5.32 Å². The number of aliphatic carboxylic acids is 1. The van der Waals surface area contributed by atoms with Crippen molar-refractivity contribution in [2.75, 3.05) is 7.05 Å². The normalized spacial score (nSPS) is 22.1. The second kappa shape index (κ2) is 6.95. The molecule has 1 aliphatic rings. The van der Waals surface area contributed by atoms with E-state index in [0.29, 0.717) is 6.08 Å². The van der Waals surface area contributed by atoms with Crippen molar-refractivity contribution >= 4 is 29.1 Å². The van der Waals surface area contributed by atoms with Crippen molar-refractivity contribution in [3.63, 3.8) is 0 Å². The van der Waals surface area contributed by atoms with Crippen molar-refractivity contribution in [2.45, 2.75) is 12.3 Å². The zero-order valence-electron chi connectivity index (χ0n) is 11.5. The summed E-state index contributed by atoms with van der Waals surface area (Å²) in [6.07, 6.45) is -5.32. The molecule has 1 aliphatic carbocycles. The summed E-state index contributed by atoms with van der Waals surface area (Å²) in [6.45, 7) is 0. The molecule has 2 unspecified atom stereocenters. The highest BCUT2D eigenvalue weighted by molar-refractivity contribution is 6.44. The Morgan fingerprint density at radius 2 is 1.96 bits per heavy atom. The number of ketones is 1. The van der Waals surface area contributed by atoms with E-state index < -0.39 is 52.0 Å². The fraction of sp³-hybridized carbons (Fsp3) is 0.308. The van der Waals surface area contributed by atoms with Gasteiger partial charge in [-0.1, -0.05) is 17.7 Å². The first-order valence-electron chi connectivity index (χ1n) is 6.05. The number of carbonyl (C=O) groups excluding carboxylic acids is 1. The molecule has 0 saturated carbocycles. The molecule has 0 spiro atoms. The van der Waals surface area contributed by atoms with Gasteiger partial charge in [-0.25, -0.2) is 9.18 Å². The Balaban J connectivity index is 3.12. The molecule has 0 aromatic carbocycles. The van der Waals surface area contributed by atoms with Gasteiger partial charge in [0.1, 0.15) is 11.9 Å². The van der Waals surface area contributed by atoms with Crippen LogP contribution in [0.4, 0.5) is 17.6 Å². The largest absolute Gasteiger partial charge is 0.478 e. The summed E-state index contributed by atoms with van der Waals surface area (Å²) >= 11 is 5.53. The van der Waals surface area contributed by atoms with Crippen molar-refractivity contribution in [1.29, 1.82) is 5.41 Å². The molecule has 2 atom stereocenters. The van der Waals surface area contributed by atoms with E-state index in [4.69, 9.17) is 22.1 Å². The number of halogens is 5. The van der Waals surface area contributed by atoms with Crippen molar-refractivity contribution in [1.82, 2.24) is 5.32 Å². The first-order chi connectivity index (χ1) is 10.5. The van der Waals surface area contributed by atoms with E-state index >= 15 is 0 Å². The monoisotopic (exact) mass is 354 g/mol. The van der Waals surface area contributed by atoms with E-state index in [1.54, 1.807) is 5.32 Å². The van der Waals surface area contributed by atoms with Crippen LogP contribution in [0.2, 0.25) is 0 Å². The van der Waals surface area contributed by atoms with E-state index in [2.05, 4.69) is 0 Å². The summed E-state index contributed by atoms with van der Waals surface area (Å²) in [5.74, 6) is -4.55. The predicted molar refractivity (Wildman–Crippen MR) is 74.0 cm³/mol. The summed E-state index contributed by atoms with van der Waals surface area (Å²) in [5.41, 5.74) is -2.96. The maximum atomic E-state index is 13.8. The van der Waals surface area contributed by atoms with E-state index in [1.807, 2.05) is 0 Å². The van der Waals surface area contributed by atoms with E-state index in [1.165, 1.54) is 0 Å². The summed E-state index contributed by atoms with van der Waals surface area (Å²) in [6, 6.07) is 0. The number of alkyl halides is 4. The highest BCUT2D eigenvalue weighted by Crippen LogP contribution is 2.29. The first-order valence-corrected chi connectivity index (χ1v) is 6.43. The highest BCUT2D eigenvalue weighted by Gasteiger charge is 2.36. The zero-order valence-corrected chi connectivity index (χ0v) is 12.3. The van der Waals surface area contributed by atoms with Gasteiger partial charge in [0.25, 0.3) is 0 Å². The van der Waals surface area contributed by atoms with Crippen LogP contribution in [0, 0.1) is 11.3 Å². The Bertz CT molecular complexity index is 638. The lowest BCUT2D eigenvalue weighted by atomic mass is 9.88. The average Bonchev–Trinajstić information content (AvgIpc) is 2.42. The molecule has 0 aromatic rings. The minimum Gasteiger partial charge on any atom is -0.478 e. The van der Waals surface area contributed by atoms with Crippen LogP contribution in [0.1, 0.15) is 0 Å². The van der Waals surface area contributed by atoms with Crippen LogP contribution in [-0.4, -0.2) is 42.0 Å². The summed E-state index contributed by atoms with van der Waals surface area (Å²) < 4.78 is 51.5. The van der Waals surface area contributed by atoms with Crippen molar-refractivity contribution in [3.05, 3.63) is 34.5 Å². The third kappa shape index (κ3) is 4.41. The van der Waals surface area contributed by atoms with Gasteiger partial charge in [0.05, 0.1) is 22.2 Å². The van der Waals surface area contributed by atoms with Crippen LogP contribution in [0.25, 0.3) is 0 Å². The second-order valence-electron chi connectivity index (χ2n) is 4.45. The van der Waals surface area contributed by atoms with Crippen LogP contribution in [-0.2, 0) is 9.59 Å². The molecular formula is C13H11ClF4N2O3. The lowest BCUT2D eigenvalue weighted by Crippen LogP contribution is -2.32. The molecule has 1 rings (SSSR count). The van der Waals surface area contributed by atoms with Gasteiger partial charge in [0, 0.05) is 13.1 Å². The standard InChI is InChI=1S/C13H11ClF4N2O3/c1-20-10(13(16,17)18)4-9(21)11(19)6-2-5(12(22)23)7(14)3-8(6)15/h2-4,6,8,19-20H,1H3,(H,22,23)/b10-4-,19-11?. The van der Waals surface area contributed by atoms with Crippen molar-refractivity contribution in [2.24, 2.45) is 5.92 Å². The Kier molecular flexibility index (Phi) is 5.70. The van der Waals surface area contributed by atoms with Crippen LogP contribution in [0.15, 0.2) is 34.5 Å². The third-order valence-electron chi connectivity index (χ3n) is 2.93. The quantitative estimate of drug-likeness (QED) is 0.401. The number of rotatable bonds is 5. The lowest BCUT2D eigenvalue weighted by molar-refractivity contribution is -0.132. The number of carboxylic acid groups (broad SMARTS) is 1. The maximum Gasteiger partial charge on any atom is 0.431 e. The smallest absolute Gasteiger partial charge is 0.431 e. The Morgan fingerprint density at radius 3 is 2.39 bits per heavy atom. The number of nitrogens with one attached hydrogen (secondary N) is 2. The van der Waals surface area contributed by atoms with Gasteiger partial charge in [-0.15, -0.1) is 0 Å². The molecule has 126 valence electrons. The molecule has 3 N–H and O–H groups in total. The van der Waals surface area contributed by atoms with Crippen molar-refractivity contribution in [3.8, 4) is 0 Å². The van der Waals surface area contributed by atoms with Gasteiger partial charge >= 0.3 is 12.1 Å². The number of hydrogen-bond acceptors (Lipinski definition) is 4. The molecule has 0 amide bonds. The number of hydrogen-bond donors (Lipinski definition) is 3. The van der Waals surface area contributed by atoms with Crippen LogP contribution in [0.3, 0.4) is 0 Å². The molecule has 23 heavy (non-hydrogen) atoms. The average molecular weight is 355 g/mol. The number of carboxylic acids is 1. The fourth-order valence-electron chi connectivity index (χ4n) is 1.77. The van der Waals surface area contributed by atoms with Gasteiger partial charge < -0.3 is 15.8 Å². The summed E-state index contributed by atoms with van der Waals surface area (Å²) in [7, 11) is 0.930. The van der Waals surface area contributed by atoms with E-state index in [9.17, 15) is 27.2 Å². The molecule has 0 radical (unpaired) electrons. The topological polar surface area (TPSA) is 90.3 Å².